The maximum Gasteiger partial charge on any atom is 0.129 e. The molecule has 1 unspecified atom stereocenters. The molecule has 6 rings (SSSR count). The lowest BCUT2D eigenvalue weighted by atomic mass is 10.00. The number of hydrogen-bond donors (Lipinski definition) is 0. The van der Waals surface area contributed by atoms with Crippen LogP contribution in [0.4, 0.5) is 17.1 Å². The van der Waals surface area contributed by atoms with Crippen molar-refractivity contribution in [1.29, 1.82) is 0 Å². The minimum atomic E-state index is 0.227. The Bertz CT molecular complexity index is 1190. The van der Waals surface area contributed by atoms with Gasteiger partial charge in [0.05, 0.1) is 23.6 Å². The van der Waals surface area contributed by atoms with Gasteiger partial charge in [-0.3, -0.25) is 0 Å². The molecule has 3 heteroatoms. The predicted molar refractivity (Wildman–Crippen MR) is 124 cm³/mol. The van der Waals surface area contributed by atoms with Crippen LogP contribution in [-0.2, 0) is 0 Å². The predicted octanol–water partition coefficient (Wildman–Crippen LogP) is 6.13. The molecule has 3 heterocycles. The molecule has 0 aliphatic carbocycles. The van der Waals surface area contributed by atoms with Crippen LogP contribution < -0.4 is 9.80 Å². The second-order valence-corrected chi connectivity index (χ2v) is 7.95. The quantitative estimate of drug-likeness (QED) is 0.522. The third-order valence-electron chi connectivity index (χ3n) is 6.27. The van der Waals surface area contributed by atoms with Gasteiger partial charge in [-0.15, -0.1) is 0 Å². The van der Waals surface area contributed by atoms with Gasteiger partial charge in [-0.1, -0.05) is 60.7 Å². The molecule has 3 aromatic rings. The van der Waals surface area contributed by atoms with Crippen LogP contribution in [0, 0.1) is 0 Å². The number of rotatable bonds is 2. The number of allylic oxidation sites excluding steroid dienone is 4. The molecule has 0 saturated carbocycles. The highest BCUT2D eigenvalue weighted by molar-refractivity contribution is 5.87. The highest BCUT2D eigenvalue weighted by atomic mass is 15.5. The van der Waals surface area contributed by atoms with Gasteiger partial charge in [0.1, 0.15) is 6.17 Å². The Hall–Kier alpha value is -3.72. The summed E-state index contributed by atoms with van der Waals surface area (Å²) in [6.45, 7) is 3.16. The average Bonchev–Trinajstić information content (AvgIpc) is 3.14. The molecule has 0 spiro atoms. The van der Waals surface area contributed by atoms with E-state index in [-0.39, 0.29) is 6.17 Å². The van der Waals surface area contributed by atoms with Gasteiger partial charge in [0, 0.05) is 17.6 Å². The standard InChI is InChI=1S/C27H23N3/c1-20-26-18-22(21-10-4-2-5-11-21)16-17-28(26)19-27-29(20)24-14-8-9-15-25(24)30(27)23-12-6-3-7-13-23/h2-18,27H,19H2,1H3. The lowest BCUT2D eigenvalue weighted by Crippen LogP contribution is -2.51. The van der Waals surface area contributed by atoms with Gasteiger partial charge in [-0.25, -0.2) is 0 Å². The zero-order valence-electron chi connectivity index (χ0n) is 16.9. The first kappa shape index (κ1) is 17.2. The minimum absolute atomic E-state index is 0.227. The van der Waals surface area contributed by atoms with E-state index in [0.29, 0.717) is 0 Å². The highest BCUT2D eigenvalue weighted by Gasteiger charge is 2.42. The van der Waals surface area contributed by atoms with Crippen molar-refractivity contribution in [2.75, 3.05) is 16.3 Å². The molecule has 146 valence electrons. The molecule has 3 aromatic carbocycles. The highest BCUT2D eigenvalue weighted by Crippen LogP contribution is 2.48. The molecular formula is C27H23N3. The topological polar surface area (TPSA) is 9.72 Å². The summed E-state index contributed by atoms with van der Waals surface area (Å²) in [6, 6.07) is 30.1. The number of anilines is 3. The Balaban J connectivity index is 1.49. The molecule has 1 atom stereocenters. The molecular weight excluding hydrogens is 366 g/mol. The van der Waals surface area contributed by atoms with Crippen LogP contribution in [0.25, 0.3) is 5.57 Å². The van der Waals surface area contributed by atoms with Crippen LogP contribution >= 0.6 is 0 Å². The third-order valence-corrected chi connectivity index (χ3v) is 6.27. The SMILES string of the molecule is CC1=C2C=C(c3ccccc3)C=CN2CC2N1c1ccccc1N2c1ccccc1. The number of fused-ring (bicyclic) bond motifs is 4. The summed E-state index contributed by atoms with van der Waals surface area (Å²) in [6.07, 6.45) is 7.03. The summed E-state index contributed by atoms with van der Waals surface area (Å²) < 4.78 is 0. The first-order chi connectivity index (χ1) is 14.8. The van der Waals surface area contributed by atoms with Gasteiger partial charge in [-0.05, 0) is 54.5 Å². The third kappa shape index (κ3) is 2.52. The Morgan fingerprint density at radius 1 is 0.733 bits per heavy atom. The number of benzene rings is 3. The van der Waals surface area contributed by atoms with Crippen molar-refractivity contribution in [3.8, 4) is 0 Å². The molecule has 0 aromatic heterocycles. The van der Waals surface area contributed by atoms with E-state index >= 15 is 0 Å². The molecule has 0 radical (unpaired) electrons. The van der Waals surface area contributed by atoms with Gasteiger partial charge in [0.2, 0.25) is 0 Å². The molecule has 3 aliphatic heterocycles. The molecule has 0 amide bonds. The summed E-state index contributed by atoms with van der Waals surface area (Å²) in [7, 11) is 0. The van der Waals surface area contributed by atoms with E-state index in [9.17, 15) is 0 Å². The van der Waals surface area contributed by atoms with Crippen molar-refractivity contribution < 1.29 is 0 Å². The first-order valence-corrected chi connectivity index (χ1v) is 10.5. The fourth-order valence-corrected chi connectivity index (χ4v) is 4.89. The summed E-state index contributed by atoms with van der Waals surface area (Å²) in [4.78, 5) is 7.37. The van der Waals surface area contributed by atoms with E-state index in [2.05, 4.69) is 125 Å². The van der Waals surface area contributed by atoms with Crippen LogP contribution in [0.1, 0.15) is 12.5 Å². The Morgan fingerprint density at radius 3 is 2.10 bits per heavy atom. The van der Waals surface area contributed by atoms with Gasteiger partial charge in [0.15, 0.2) is 0 Å². The molecule has 0 saturated heterocycles. The summed E-state index contributed by atoms with van der Waals surface area (Å²) in [5, 5.41) is 0. The van der Waals surface area contributed by atoms with E-state index in [1.807, 2.05) is 0 Å². The van der Waals surface area contributed by atoms with Crippen molar-refractivity contribution in [2.24, 2.45) is 0 Å². The lowest BCUT2D eigenvalue weighted by Gasteiger charge is -2.43. The van der Waals surface area contributed by atoms with E-state index in [4.69, 9.17) is 0 Å². The Labute approximate surface area is 177 Å². The molecule has 30 heavy (non-hydrogen) atoms. The first-order valence-electron chi connectivity index (χ1n) is 10.5. The van der Waals surface area contributed by atoms with E-state index in [1.165, 1.54) is 39.6 Å². The van der Waals surface area contributed by atoms with Gasteiger partial charge >= 0.3 is 0 Å². The monoisotopic (exact) mass is 389 g/mol. The van der Waals surface area contributed by atoms with E-state index in [0.717, 1.165) is 6.54 Å². The second-order valence-electron chi connectivity index (χ2n) is 7.95. The van der Waals surface area contributed by atoms with Gasteiger partial charge < -0.3 is 14.7 Å². The Morgan fingerprint density at radius 2 is 1.37 bits per heavy atom. The molecule has 0 bridgehead atoms. The summed E-state index contributed by atoms with van der Waals surface area (Å²) >= 11 is 0. The van der Waals surface area contributed by atoms with Crippen LogP contribution in [0.15, 0.2) is 115 Å². The number of hydrogen-bond acceptors (Lipinski definition) is 3. The van der Waals surface area contributed by atoms with Crippen molar-refractivity contribution in [3.05, 3.63) is 120 Å². The molecule has 3 nitrogen and oxygen atoms in total. The van der Waals surface area contributed by atoms with Crippen molar-refractivity contribution in [3.63, 3.8) is 0 Å². The zero-order chi connectivity index (χ0) is 20.1. The average molecular weight is 390 g/mol. The summed E-state index contributed by atoms with van der Waals surface area (Å²) in [5.74, 6) is 0. The van der Waals surface area contributed by atoms with E-state index < -0.39 is 0 Å². The fraction of sp³-hybridized carbons (Fsp3) is 0.111. The number of para-hydroxylation sites is 3. The van der Waals surface area contributed by atoms with Crippen molar-refractivity contribution in [2.45, 2.75) is 13.1 Å². The van der Waals surface area contributed by atoms with Gasteiger partial charge in [-0.2, -0.15) is 0 Å². The van der Waals surface area contributed by atoms with Crippen LogP contribution in [0.3, 0.4) is 0 Å². The van der Waals surface area contributed by atoms with E-state index in [1.54, 1.807) is 0 Å². The normalized spacial score (nSPS) is 19.4. The number of nitrogens with zero attached hydrogens (tertiary/aromatic N) is 3. The molecule has 3 aliphatic rings. The minimum Gasteiger partial charge on any atom is -0.343 e. The largest absolute Gasteiger partial charge is 0.343 e. The van der Waals surface area contributed by atoms with Crippen molar-refractivity contribution in [1.82, 2.24) is 4.90 Å². The van der Waals surface area contributed by atoms with Crippen molar-refractivity contribution >= 4 is 22.6 Å². The molecule has 0 fully saturated rings. The second kappa shape index (κ2) is 6.67. The fourth-order valence-electron chi connectivity index (χ4n) is 4.89. The summed E-state index contributed by atoms with van der Waals surface area (Å²) in [5.41, 5.74) is 8.85. The zero-order valence-corrected chi connectivity index (χ0v) is 16.9. The van der Waals surface area contributed by atoms with Crippen LogP contribution in [0.5, 0.6) is 0 Å². The smallest absolute Gasteiger partial charge is 0.129 e. The lowest BCUT2D eigenvalue weighted by molar-refractivity contribution is 0.396. The maximum absolute atomic E-state index is 2.51. The molecule has 0 N–H and O–H groups in total. The maximum atomic E-state index is 2.51. The van der Waals surface area contributed by atoms with Crippen LogP contribution in [0.2, 0.25) is 0 Å². The van der Waals surface area contributed by atoms with Gasteiger partial charge in [0.25, 0.3) is 0 Å². The Kier molecular flexibility index (Phi) is 3.81. The van der Waals surface area contributed by atoms with Crippen LogP contribution in [-0.4, -0.2) is 17.6 Å².